The summed E-state index contributed by atoms with van der Waals surface area (Å²) in [7, 11) is 1.63. The van der Waals surface area contributed by atoms with Crippen LogP contribution in [0.25, 0.3) is 0 Å². The van der Waals surface area contributed by atoms with Crippen LogP contribution in [-0.4, -0.2) is 37.6 Å². The van der Waals surface area contributed by atoms with Gasteiger partial charge in [0.25, 0.3) is 0 Å². The van der Waals surface area contributed by atoms with Crippen molar-refractivity contribution < 1.29 is 14.3 Å². The molecule has 0 saturated carbocycles. The van der Waals surface area contributed by atoms with Gasteiger partial charge in [-0.05, 0) is 30.5 Å². The molecular formula is C17H28N2O3. The van der Waals surface area contributed by atoms with E-state index in [-0.39, 0.29) is 5.91 Å². The first-order chi connectivity index (χ1) is 10.7. The summed E-state index contributed by atoms with van der Waals surface area (Å²) in [5.41, 5.74) is 6.51. The van der Waals surface area contributed by atoms with Crippen molar-refractivity contribution in [1.29, 1.82) is 0 Å². The van der Waals surface area contributed by atoms with Gasteiger partial charge in [0.1, 0.15) is 0 Å². The highest BCUT2D eigenvalue weighted by Gasteiger charge is 2.14. The molecule has 0 heterocycles. The minimum atomic E-state index is 0.0922. The van der Waals surface area contributed by atoms with Crippen molar-refractivity contribution in [2.75, 3.05) is 26.8 Å². The van der Waals surface area contributed by atoms with Crippen LogP contribution in [0.5, 0.6) is 11.5 Å². The summed E-state index contributed by atoms with van der Waals surface area (Å²) in [6, 6.07) is 5.82. The smallest absolute Gasteiger partial charge is 0.224 e. The zero-order valence-electron chi connectivity index (χ0n) is 13.9. The average molecular weight is 308 g/mol. The molecule has 0 atom stereocenters. The van der Waals surface area contributed by atoms with E-state index in [1.165, 1.54) is 0 Å². The van der Waals surface area contributed by atoms with E-state index in [4.69, 9.17) is 15.2 Å². The Kier molecular flexibility index (Phi) is 8.36. The standard InChI is InChI=1S/C17H28N2O3/c1-4-10-19(17(20)8-9-18)13-14-6-7-15(22-11-5-2)16(12-14)21-3/h6-7,12H,4-5,8-11,13,18H2,1-3H3. The molecule has 0 aliphatic rings. The molecule has 0 unspecified atom stereocenters. The highest BCUT2D eigenvalue weighted by molar-refractivity contribution is 5.76. The fraction of sp³-hybridized carbons (Fsp3) is 0.588. The second kappa shape index (κ2) is 10.1. The molecule has 0 radical (unpaired) electrons. The van der Waals surface area contributed by atoms with E-state index < -0.39 is 0 Å². The van der Waals surface area contributed by atoms with Gasteiger partial charge in [-0.3, -0.25) is 4.79 Å². The highest BCUT2D eigenvalue weighted by Crippen LogP contribution is 2.28. The lowest BCUT2D eigenvalue weighted by atomic mass is 10.1. The Hall–Kier alpha value is -1.75. The third kappa shape index (κ3) is 5.56. The number of amides is 1. The van der Waals surface area contributed by atoms with E-state index in [2.05, 4.69) is 13.8 Å². The number of nitrogens with two attached hydrogens (primary N) is 1. The lowest BCUT2D eigenvalue weighted by Crippen LogP contribution is -2.32. The average Bonchev–Trinajstić information content (AvgIpc) is 2.53. The largest absolute Gasteiger partial charge is 0.493 e. The van der Waals surface area contributed by atoms with Crippen molar-refractivity contribution in [2.45, 2.75) is 39.7 Å². The van der Waals surface area contributed by atoms with Gasteiger partial charge in [0.15, 0.2) is 11.5 Å². The Labute approximate surface area is 133 Å². The van der Waals surface area contributed by atoms with E-state index in [0.29, 0.717) is 31.9 Å². The molecule has 0 saturated heterocycles. The number of ether oxygens (including phenoxy) is 2. The molecule has 124 valence electrons. The lowest BCUT2D eigenvalue weighted by Gasteiger charge is -2.22. The Balaban J connectivity index is 2.83. The first kappa shape index (κ1) is 18.3. The zero-order valence-corrected chi connectivity index (χ0v) is 13.9. The van der Waals surface area contributed by atoms with E-state index in [1.807, 2.05) is 23.1 Å². The maximum absolute atomic E-state index is 12.1. The number of benzene rings is 1. The number of nitrogens with zero attached hydrogens (tertiary/aromatic N) is 1. The number of methoxy groups -OCH3 is 1. The quantitative estimate of drug-likeness (QED) is 0.721. The minimum absolute atomic E-state index is 0.0922. The summed E-state index contributed by atoms with van der Waals surface area (Å²) in [6.07, 6.45) is 2.25. The van der Waals surface area contributed by atoms with Crippen molar-refractivity contribution in [3.63, 3.8) is 0 Å². The molecule has 22 heavy (non-hydrogen) atoms. The molecule has 0 aliphatic heterocycles. The molecule has 1 amide bonds. The minimum Gasteiger partial charge on any atom is -0.493 e. The maximum atomic E-state index is 12.1. The molecular weight excluding hydrogens is 280 g/mol. The molecule has 1 aromatic carbocycles. The van der Waals surface area contributed by atoms with E-state index in [1.54, 1.807) is 7.11 Å². The molecule has 0 aliphatic carbocycles. The van der Waals surface area contributed by atoms with Crippen LogP contribution in [-0.2, 0) is 11.3 Å². The van der Waals surface area contributed by atoms with Crippen LogP contribution in [0.3, 0.4) is 0 Å². The van der Waals surface area contributed by atoms with Crippen LogP contribution < -0.4 is 15.2 Å². The third-order valence-electron chi connectivity index (χ3n) is 3.27. The van der Waals surface area contributed by atoms with Crippen LogP contribution in [0.15, 0.2) is 18.2 Å². The van der Waals surface area contributed by atoms with Crippen molar-refractivity contribution in [3.05, 3.63) is 23.8 Å². The fourth-order valence-corrected chi connectivity index (χ4v) is 2.21. The molecule has 2 N–H and O–H groups in total. The SMILES string of the molecule is CCCOc1ccc(CN(CCC)C(=O)CCN)cc1OC. The fourth-order valence-electron chi connectivity index (χ4n) is 2.21. The van der Waals surface area contributed by atoms with Gasteiger partial charge in [-0.2, -0.15) is 0 Å². The number of carbonyl (C=O) groups is 1. The van der Waals surface area contributed by atoms with Gasteiger partial charge in [-0.25, -0.2) is 0 Å². The molecule has 1 rings (SSSR count). The normalized spacial score (nSPS) is 10.4. The van der Waals surface area contributed by atoms with E-state index in [9.17, 15) is 4.79 Å². The van der Waals surface area contributed by atoms with Crippen molar-refractivity contribution in [1.82, 2.24) is 4.90 Å². The number of hydrogen-bond donors (Lipinski definition) is 1. The molecule has 0 fully saturated rings. The van der Waals surface area contributed by atoms with E-state index >= 15 is 0 Å². The van der Waals surface area contributed by atoms with Gasteiger partial charge in [0.2, 0.25) is 5.91 Å². The molecule has 0 bridgehead atoms. The Morgan fingerprint density at radius 2 is 2.00 bits per heavy atom. The third-order valence-corrected chi connectivity index (χ3v) is 3.27. The summed E-state index contributed by atoms with van der Waals surface area (Å²) >= 11 is 0. The van der Waals surface area contributed by atoms with Crippen LogP contribution in [0.2, 0.25) is 0 Å². The second-order valence-corrected chi connectivity index (χ2v) is 5.19. The first-order valence-corrected chi connectivity index (χ1v) is 7.93. The summed E-state index contributed by atoms with van der Waals surface area (Å²) in [5, 5.41) is 0. The summed E-state index contributed by atoms with van der Waals surface area (Å²) in [6.45, 7) is 6.46. The Morgan fingerprint density at radius 1 is 1.23 bits per heavy atom. The van der Waals surface area contributed by atoms with Gasteiger partial charge >= 0.3 is 0 Å². The summed E-state index contributed by atoms with van der Waals surface area (Å²) in [4.78, 5) is 13.9. The predicted molar refractivity (Wildman–Crippen MR) is 88.2 cm³/mol. The summed E-state index contributed by atoms with van der Waals surface area (Å²) in [5.74, 6) is 1.53. The topological polar surface area (TPSA) is 64.8 Å². The number of carbonyl (C=O) groups excluding carboxylic acids is 1. The van der Waals surface area contributed by atoms with Gasteiger partial charge in [-0.15, -0.1) is 0 Å². The molecule has 1 aromatic rings. The van der Waals surface area contributed by atoms with Crippen molar-refractivity contribution in [2.24, 2.45) is 5.73 Å². The van der Waals surface area contributed by atoms with Crippen LogP contribution in [0.1, 0.15) is 38.7 Å². The van der Waals surface area contributed by atoms with E-state index in [0.717, 1.165) is 30.7 Å². The summed E-state index contributed by atoms with van der Waals surface area (Å²) < 4.78 is 11.0. The number of hydrogen-bond acceptors (Lipinski definition) is 4. The van der Waals surface area contributed by atoms with Crippen molar-refractivity contribution in [3.8, 4) is 11.5 Å². The molecule has 5 heteroatoms. The zero-order chi connectivity index (χ0) is 16.4. The van der Waals surface area contributed by atoms with Crippen LogP contribution >= 0.6 is 0 Å². The van der Waals surface area contributed by atoms with Gasteiger partial charge in [0, 0.05) is 26.1 Å². The lowest BCUT2D eigenvalue weighted by molar-refractivity contribution is -0.131. The number of rotatable bonds is 10. The van der Waals surface area contributed by atoms with Crippen molar-refractivity contribution >= 4 is 5.91 Å². The molecule has 5 nitrogen and oxygen atoms in total. The Morgan fingerprint density at radius 3 is 2.59 bits per heavy atom. The predicted octanol–water partition coefficient (Wildman–Crippen LogP) is 2.57. The second-order valence-electron chi connectivity index (χ2n) is 5.19. The van der Waals surface area contributed by atoms with Gasteiger partial charge in [-0.1, -0.05) is 19.9 Å². The van der Waals surface area contributed by atoms with Crippen LogP contribution in [0.4, 0.5) is 0 Å². The van der Waals surface area contributed by atoms with Crippen LogP contribution in [0, 0.1) is 0 Å². The van der Waals surface area contributed by atoms with Gasteiger partial charge in [0.05, 0.1) is 13.7 Å². The monoisotopic (exact) mass is 308 g/mol. The Bertz CT molecular complexity index is 463. The first-order valence-electron chi connectivity index (χ1n) is 7.93. The van der Waals surface area contributed by atoms with Gasteiger partial charge < -0.3 is 20.1 Å². The highest BCUT2D eigenvalue weighted by atomic mass is 16.5. The molecule has 0 spiro atoms. The maximum Gasteiger partial charge on any atom is 0.224 e. The molecule has 0 aromatic heterocycles.